The molecular formula is C14H14FNOS. The van der Waals surface area contributed by atoms with Gasteiger partial charge in [-0.25, -0.2) is 9.38 Å². The number of nitrogens with zero attached hydrogens (tertiary/aromatic N) is 1. The van der Waals surface area contributed by atoms with Crippen LogP contribution in [0.5, 0.6) is 0 Å². The van der Waals surface area contributed by atoms with Gasteiger partial charge in [-0.15, -0.1) is 0 Å². The molecule has 0 spiro atoms. The number of hydrogen-bond donors (Lipinski definition) is 0. The number of furan rings is 1. The summed E-state index contributed by atoms with van der Waals surface area (Å²) in [5.41, 5.74) is 1.59. The first kappa shape index (κ1) is 12.9. The van der Waals surface area contributed by atoms with E-state index < -0.39 is 0 Å². The summed E-state index contributed by atoms with van der Waals surface area (Å²) in [5.74, 6) is 0.713. The summed E-state index contributed by atoms with van der Waals surface area (Å²) in [6.45, 7) is 5.98. The van der Waals surface area contributed by atoms with Crippen LogP contribution in [-0.4, -0.2) is 5.16 Å². The molecule has 1 atom stereocenters. The van der Waals surface area contributed by atoms with Crippen LogP contribution in [0.4, 0.5) is 4.39 Å². The first-order chi connectivity index (χ1) is 8.54. The van der Waals surface area contributed by atoms with Gasteiger partial charge in [-0.3, -0.25) is 0 Å². The van der Waals surface area contributed by atoms with Gasteiger partial charge < -0.3 is 4.42 Å². The summed E-state index contributed by atoms with van der Waals surface area (Å²) in [6.07, 6.45) is 0. The predicted molar refractivity (Wildman–Crippen MR) is 73.5 cm³/mol. The molecule has 0 aliphatic heterocycles. The van der Waals surface area contributed by atoms with Crippen molar-refractivity contribution < 1.29 is 8.81 Å². The Labute approximate surface area is 111 Å². The lowest BCUT2D eigenvalue weighted by Crippen LogP contribution is -2.03. The molecule has 0 aliphatic rings. The Kier molecular flexibility index (Phi) is 3.60. The van der Waals surface area contributed by atoms with Crippen LogP contribution in [0.3, 0.4) is 0 Å². The first-order valence-corrected chi connectivity index (χ1v) is 6.21. The Morgan fingerprint density at radius 3 is 2.72 bits per heavy atom. The van der Waals surface area contributed by atoms with Crippen LogP contribution in [-0.2, 0) is 0 Å². The van der Waals surface area contributed by atoms with E-state index in [-0.39, 0.29) is 17.8 Å². The largest absolute Gasteiger partial charge is 0.458 e. The van der Waals surface area contributed by atoms with Crippen molar-refractivity contribution in [3.05, 3.63) is 35.3 Å². The molecule has 2 nitrogen and oxygen atoms in total. The SMILES string of the molecule is Cc1c([C@@H](N=C=S)C(C)C)oc2ccc(F)cc12. The standard InChI is InChI=1S/C14H14FNOS/c1-8(2)13(16-7-18)14-9(3)11-6-10(15)4-5-12(11)17-14/h4-6,8,13H,1-3H3/t13-/m0/s1. The van der Waals surface area contributed by atoms with E-state index in [1.807, 2.05) is 20.8 Å². The van der Waals surface area contributed by atoms with Gasteiger partial charge >= 0.3 is 0 Å². The van der Waals surface area contributed by atoms with Crippen molar-refractivity contribution >= 4 is 28.3 Å². The lowest BCUT2D eigenvalue weighted by atomic mass is 9.99. The highest BCUT2D eigenvalue weighted by molar-refractivity contribution is 7.78. The van der Waals surface area contributed by atoms with Crippen molar-refractivity contribution in [2.75, 3.05) is 0 Å². The minimum atomic E-state index is -0.266. The number of rotatable bonds is 3. The smallest absolute Gasteiger partial charge is 0.134 e. The van der Waals surface area contributed by atoms with Gasteiger partial charge in [0.05, 0.1) is 5.16 Å². The third-order valence-corrected chi connectivity index (χ3v) is 3.13. The number of aliphatic imine (C=N–C) groups is 1. The molecular weight excluding hydrogens is 249 g/mol. The van der Waals surface area contributed by atoms with Crippen molar-refractivity contribution in [3.8, 4) is 0 Å². The maximum absolute atomic E-state index is 13.2. The van der Waals surface area contributed by atoms with Gasteiger partial charge in [0.15, 0.2) is 0 Å². The predicted octanol–water partition coefficient (Wildman–Crippen LogP) is 4.68. The van der Waals surface area contributed by atoms with Gasteiger partial charge in [-0.1, -0.05) is 13.8 Å². The summed E-state index contributed by atoms with van der Waals surface area (Å²) < 4.78 is 19.0. The van der Waals surface area contributed by atoms with E-state index in [1.165, 1.54) is 12.1 Å². The van der Waals surface area contributed by atoms with Crippen molar-refractivity contribution in [2.24, 2.45) is 10.9 Å². The number of hydrogen-bond acceptors (Lipinski definition) is 3. The monoisotopic (exact) mass is 263 g/mol. The maximum Gasteiger partial charge on any atom is 0.134 e. The summed E-state index contributed by atoms with van der Waals surface area (Å²) >= 11 is 4.67. The molecule has 0 aliphatic carbocycles. The second-order valence-electron chi connectivity index (χ2n) is 4.64. The number of aryl methyl sites for hydroxylation is 1. The molecule has 0 N–H and O–H groups in total. The van der Waals surface area contributed by atoms with Crippen molar-refractivity contribution in [3.63, 3.8) is 0 Å². The second-order valence-corrected chi connectivity index (χ2v) is 4.82. The summed E-state index contributed by atoms with van der Waals surface area (Å²) in [5, 5.41) is 3.19. The molecule has 4 heteroatoms. The van der Waals surface area contributed by atoms with Gasteiger partial charge in [-0.2, -0.15) is 0 Å². The fraction of sp³-hybridized carbons (Fsp3) is 0.357. The molecule has 0 fully saturated rings. The van der Waals surface area contributed by atoms with Crippen LogP contribution < -0.4 is 0 Å². The van der Waals surface area contributed by atoms with Gasteiger partial charge in [0.2, 0.25) is 0 Å². The average molecular weight is 263 g/mol. The topological polar surface area (TPSA) is 25.5 Å². The van der Waals surface area contributed by atoms with E-state index in [2.05, 4.69) is 22.4 Å². The summed E-state index contributed by atoms with van der Waals surface area (Å²) in [4.78, 5) is 4.15. The highest BCUT2D eigenvalue weighted by atomic mass is 32.1. The normalized spacial score (nSPS) is 12.7. The van der Waals surface area contributed by atoms with Crippen LogP contribution in [0.15, 0.2) is 27.6 Å². The van der Waals surface area contributed by atoms with E-state index in [1.54, 1.807) is 6.07 Å². The number of benzene rings is 1. The first-order valence-electron chi connectivity index (χ1n) is 5.80. The quantitative estimate of drug-likeness (QED) is 0.593. The van der Waals surface area contributed by atoms with E-state index in [0.717, 1.165) is 16.7 Å². The van der Waals surface area contributed by atoms with E-state index >= 15 is 0 Å². The molecule has 0 amide bonds. The molecule has 2 aromatic rings. The second kappa shape index (κ2) is 5.01. The third-order valence-electron chi connectivity index (χ3n) is 3.03. The molecule has 1 heterocycles. The average Bonchev–Trinajstić information content (AvgIpc) is 2.63. The Morgan fingerprint density at radius 2 is 2.11 bits per heavy atom. The molecule has 0 bridgehead atoms. The van der Waals surface area contributed by atoms with Gasteiger partial charge in [0.25, 0.3) is 0 Å². The molecule has 0 radical (unpaired) electrons. The Morgan fingerprint density at radius 1 is 1.39 bits per heavy atom. The van der Waals surface area contributed by atoms with Gasteiger partial charge in [0.1, 0.15) is 23.2 Å². The lowest BCUT2D eigenvalue weighted by molar-refractivity contribution is 0.419. The van der Waals surface area contributed by atoms with E-state index in [4.69, 9.17) is 4.42 Å². The molecule has 1 aromatic carbocycles. The Hall–Kier alpha value is -1.51. The van der Waals surface area contributed by atoms with Crippen molar-refractivity contribution in [1.29, 1.82) is 0 Å². The molecule has 0 saturated carbocycles. The molecule has 1 aromatic heterocycles. The zero-order valence-electron chi connectivity index (χ0n) is 10.5. The third kappa shape index (κ3) is 2.22. The Bertz CT molecular complexity index is 626. The van der Waals surface area contributed by atoms with Crippen molar-refractivity contribution in [2.45, 2.75) is 26.8 Å². The molecule has 94 valence electrons. The molecule has 0 unspecified atom stereocenters. The van der Waals surface area contributed by atoms with Gasteiger partial charge in [-0.05, 0) is 43.3 Å². The van der Waals surface area contributed by atoms with Crippen LogP contribution in [0.1, 0.15) is 31.2 Å². The van der Waals surface area contributed by atoms with Gasteiger partial charge in [0, 0.05) is 10.9 Å². The van der Waals surface area contributed by atoms with Crippen LogP contribution in [0.2, 0.25) is 0 Å². The fourth-order valence-electron chi connectivity index (χ4n) is 2.06. The number of halogens is 1. The zero-order chi connectivity index (χ0) is 13.3. The van der Waals surface area contributed by atoms with Crippen LogP contribution in [0.25, 0.3) is 11.0 Å². The number of fused-ring (bicyclic) bond motifs is 1. The molecule has 2 rings (SSSR count). The van der Waals surface area contributed by atoms with Crippen molar-refractivity contribution in [1.82, 2.24) is 0 Å². The number of isothiocyanates is 1. The molecule has 18 heavy (non-hydrogen) atoms. The molecule has 0 saturated heterocycles. The maximum atomic E-state index is 13.2. The highest BCUT2D eigenvalue weighted by Gasteiger charge is 2.22. The highest BCUT2D eigenvalue weighted by Crippen LogP contribution is 2.35. The lowest BCUT2D eigenvalue weighted by Gasteiger charge is -2.12. The summed E-state index contributed by atoms with van der Waals surface area (Å²) in [6, 6.07) is 4.34. The van der Waals surface area contributed by atoms with E-state index in [0.29, 0.717) is 5.58 Å². The van der Waals surface area contributed by atoms with Crippen LogP contribution >= 0.6 is 12.2 Å². The summed E-state index contributed by atoms with van der Waals surface area (Å²) in [7, 11) is 0. The van der Waals surface area contributed by atoms with Crippen LogP contribution in [0, 0.1) is 18.7 Å². The minimum Gasteiger partial charge on any atom is -0.458 e. The fourth-order valence-corrected chi connectivity index (χ4v) is 2.17. The minimum absolute atomic E-state index is 0.169. The zero-order valence-corrected chi connectivity index (χ0v) is 11.3. The number of thiocarbonyl (C=S) groups is 1. The van der Waals surface area contributed by atoms with E-state index in [9.17, 15) is 4.39 Å². The Balaban J connectivity index is 2.63.